The van der Waals surface area contributed by atoms with Gasteiger partial charge in [0.1, 0.15) is 0 Å². The number of nitroso groups, excluding NO2 is 1. The Kier molecular flexibility index (Phi) is 6.64. The Morgan fingerprint density at radius 2 is 2.21 bits per heavy atom. The Bertz CT molecular complexity index is 346. The number of rotatable bonds is 7. The van der Waals surface area contributed by atoms with E-state index in [0.29, 0.717) is 5.92 Å². The average molecular weight is 284 g/mol. The third kappa shape index (κ3) is 4.38. The first kappa shape index (κ1) is 16.3. The van der Waals surface area contributed by atoms with Crippen molar-refractivity contribution in [2.75, 3.05) is 19.9 Å². The van der Waals surface area contributed by atoms with Gasteiger partial charge in [-0.25, -0.2) is 0 Å². The van der Waals surface area contributed by atoms with E-state index in [0.717, 1.165) is 25.4 Å². The number of likely N-dealkylation sites (N-methyl/N-ethyl adjacent to an activating group) is 1. The first-order chi connectivity index (χ1) is 9.01. The summed E-state index contributed by atoms with van der Waals surface area (Å²) >= 11 is 0. The predicted molar refractivity (Wildman–Crippen MR) is 81.7 cm³/mol. The van der Waals surface area contributed by atoms with Crippen molar-refractivity contribution in [3.05, 3.63) is 17.1 Å². The van der Waals surface area contributed by atoms with Gasteiger partial charge in [-0.2, -0.15) is 0 Å². The molecule has 4 atom stereocenters. The summed E-state index contributed by atoms with van der Waals surface area (Å²) in [6, 6.07) is 0.126. The van der Waals surface area contributed by atoms with Crippen LogP contribution < -0.4 is 0 Å². The smallest absolute Gasteiger partial charge is 0.255 e. The molecule has 0 bridgehead atoms. The SMILES string of the molecule is CCCCP(C)C(N=O)C(=O)N(C)[C@H]1C=C[C@@H](C)C1. The zero-order chi connectivity index (χ0) is 14.4. The van der Waals surface area contributed by atoms with Gasteiger partial charge in [0.15, 0.2) is 5.78 Å². The maximum Gasteiger partial charge on any atom is 0.255 e. The molecule has 1 rings (SSSR count). The van der Waals surface area contributed by atoms with Crippen molar-refractivity contribution in [3.63, 3.8) is 0 Å². The third-order valence-corrected chi connectivity index (χ3v) is 5.89. The molecule has 19 heavy (non-hydrogen) atoms. The highest BCUT2D eigenvalue weighted by Crippen LogP contribution is 2.40. The summed E-state index contributed by atoms with van der Waals surface area (Å²) in [6.45, 7) is 6.26. The molecule has 1 aliphatic rings. The zero-order valence-corrected chi connectivity index (χ0v) is 13.3. The monoisotopic (exact) mass is 284 g/mol. The first-order valence-corrected chi connectivity index (χ1v) is 9.03. The summed E-state index contributed by atoms with van der Waals surface area (Å²) in [5.41, 5.74) is 0. The molecule has 0 aromatic heterocycles. The minimum absolute atomic E-state index is 0.108. The highest BCUT2D eigenvalue weighted by Gasteiger charge is 2.32. The number of hydrogen-bond donors (Lipinski definition) is 0. The summed E-state index contributed by atoms with van der Waals surface area (Å²) in [5, 5.41) is 3.12. The lowest BCUT2D eigenvalue weighted by Crippen LogP contribution is -2.40. The molecule has 0 aliphatic heterocycles. The molecule has 0 aromatic carbocycles. The van der Waals surface area contributed by atoms with Gasteiger partial charge in [-0.1, -0.05) is 45.5 Å². The number of carbonyl (C=O) groups is 1. The third-order valence-electron chi connectivity index (χ3n) is 3.72. The van der Waals surface area contributed by atoms with Crippen LogP contribution in [0.5, 0.6) is 0 Å². The molecule has 5 heteroatoms. The second-order valence-electron chi connectivity index (χ2n) is 5.43. The van der Waals surface area contributed by atoms with Crippen LogP contribution in [0, 0.1) is 10.8 Å². The Morgan fingerprint density at radius 3 is 2.68 bits per heavy atom. The minimum atomic E-state index is -0.671. The highest BCUT2D eigenvalue weighted by molar-refractivity contribution is 7.58. The van der Waals surface area contributed by atoms with Crippen LogP contribution in [0.15, 0.2) is 17.3 Å². The molecule has 1 aliphatic carbocycles. The summed E-state index contributed by atoms with van der Waals surface area (Å²) in [7, 11) is 1.15. The van der Waals surface area contributed by atoms with E-state index in [1.54, 1.807) is 11.9 Å². The number of allylic oxidation sites excluding steroid dienone is 1. The molecule has 0 fully saturated rings. The van der Waals surface area contributed by atoms with Crippen LogP contribution in [0.3, 0.4) is 0 Å². The van der Waals surface area contributed by atoms with Gasteiger partial charge in [0.05, 0.1) is 6.04 Å². The van der Waals surface area contributed by atoms with Crippen LogP contribution in [0.4, 0.5) is 0 Å². The summed E-state index contributed by atoms with van der Waals surface area (Å²) in [6.07, 6.45) is 8.23. The van der Waals surface area contributed by atoms with Gasteiger partial charge in [-0.15, -0.1) is 4.91 Å². The van der Waals surface area contributed by atoms with E-state index in [-0.39, 0.29) is 11.9 Å². The van der Waals surface area contributed by atoms with Crippen LogP contribution in [0.25, 0.3) is 0 Å². The van der Waals surface area contributed by atoms with Crippen LogP contribution in [-0.2, 0) is 4.79 Å². The van der Waals surface area contributed by atoms with Crippen LogP contribution in [0.2, 0.25) is 0 Å². The molecule has 0 saturated carbocycles. The summed E-state index contributed by atoms with van der Waals surface area (Å²) in [5.74, 6) is -0.273. The lowest BCUT2D eigenvalue weighted by Gasteiger charge is -2.28. The maximum absolute atomic E-state index is 12.4. The normalized spacial score (nSPS) is 25.1. The fourth-order valence-electron chi connectivity index (χ4n) is 2.33. The van der Waals surface area contributed by atoms with Crippen LogP contribution in [0.1, 0.15) is 33.1 Å². The summed E-state index contributed by atoms with van der Waals surface area (Å²) in [4.78, 5) is 25.1. The fraction of sp³-hybridized carbons (Fsp3) is 0.786. The van der Waals surface area contributed by atoms with Gasteiger partial charge >= 0.3 is 0 Å². The van der Waals surface area contributed by atoms with E-state index >= 15 is 0 Å². The van der Waals surface area contributed by atoms with Crippen molar-refractivity contribution in [1.82, 2.24) is 4.90 Å². The van der Waals surface area contributed by atoms with Gasteiger partial charge in [0, 0.05) is 7.05 Å². The van der Waals surface area contributed by atoms with Crippen LogP contribution in [-0.4, -0.2) is 42.5 Å². The molecule has 0 radical (unpaired) electrons. The van der Waals surface area contributed by atoms with Crippen LogP contribution >= 0.6 is 7.92 Å². The topological polar surface area (TPSA) is 49.7 Å². The van der Waals surface area contributed by atoms with Gasteiger partial charge in [0.25, 0.3) is 5.91 Å². The van der Waals surface area contributed by atoms with Crippen molar-refractivity contribution < 1.29 is 4.79 Å². The Balaban J connectivity index is 2.62. The number of nitrogens with zero attached hydrogens (tertiary/aromatic N) is 2. The number of carbonyl (C=O) groups excluding carboxylic acids is 1. The molecule has 0 heterocycles. The van der Waals surface area contributed by atoms with E-state index in [1.807, 2.05) is 6.66 Å². The largest absolute Gasteiger partial charge is 0.337 e. The maximum atomic E-state index is 12.4. The second kappa shape index (κ2) is 7.74. The lowest BCUT2D eigenvalue weighted by molar-refractivity contribution is -0.130. The minimum Gasteiger partial charge on any atom is -0.337 e. The predicted octanol–water partition coefficient (Wildman–Crippen LogP) is 3.41. The Hall–Kier alpha value is -0.760. The van der Waals surface area contributed by atoms with Gasteiger partial charge in [0.2, 0.25) is 0 Å². The van der Waals surface area contributed by atoms with E-state index in [2.05, 4.69) is 31.2 Å². The molecule has 4 nitrogen and oxygen atoms in total. The number of amides is 1. The first-order valence-electron chi connectivity index (χ1n) is 6.99. The van der Waals surface area contributed by atoms with Crippen molar-refractivity contribution in [1.29, 1.82) is 0 Å². The average Bonchev–Trinajstić information content (AvgIpc) is 2.82. The molecule has 0 spiro atoms. The molecule has 0 saturated heterocycles. The molecule has 108 valence electrons. The molecule has 2 unspecified atom stereocenters. The lowest BCUT2D eigenvalue weighted by atomic mass is 10.1. The highest BCUT2D eigenvalue weighted by atomic mass is 31.1. The Morgan fingerprint density at radius 1 is 1.53 bits per heavy atom. The standard InChI is InChI=1S/C14H25N2O2P/c1-5-6-9-19(4)13(15-18)14(17)16(3)12-8-7-11(2)10-12/h7-8,11-13H,5-6,9-10H2,1-4H3/t11-,12+,13?,19?/m1/s1. The van der Waals surface area contributed by atoms with Crippen molar-refractivity contribution >= 4 is 13.8 Å². The van der Waals surface area contributed by atoms with Gasteiger partial charge in [-0.3, -0.25) is 4.79 Å². The van der Waals surface area contributed by atoms with Crippen molar-refractivity contribution in [3.8, 4) is 0 Å². The molecule has 0 N–H and O–H groups in total. The van der Waals surface area contributed by atoms with Crippen molar-refractivity contribution in [2.24, 2.45) is 11.1 Å². The molecular formula is C14H25N2O2P. The van der Waals surface area contributed by atoms with E-state index in [4.69, 9.17) is 0 Å². The summed E-state index contributed by atoms with van der Waals surface area (Å²) < 4.78 is 0. The number of hydrogen-bond acceptors (Lipinski definition) is 3. The molecule has 1 amide bonds. The molecular weight excluding hydrogens is 259 g/mol. The van der Waals surface area contributed by atoms with E-state index in [9.17, 15) is 9.70 Å². The quantitative estimate of drug-likeness (QED) is 0.408. The van der Waals surface area contributed by atoms with Crippen molar-refractivity contribution in [2.45, 2.75) is 44.9 Å². The number of unbranched alkanes of at least 4 members (excludes halogenated alkanes) is 1. The molecule has 0 aromatic rings. The van der Waals surface area contributed by atoms with E-state index < -0.39 is 13.7 Å². The zero-order valence-electron chi connectivity index (χ0n) is 12.4. The Labute approximate surface area is 117 Å². The second-order valence-corrected chi connectivity index (χ2v) is 7.88. The van der Waals surface area contributed by atoms with E-state index in [1.165, 1.54) is 0 Å². The van der Waals surface area contributed by atoms with Gasteiger partial charge in [-0.05, 0) is 31.6 Å². The van der Waals surface area contributed by atoms with Gasteiger partial charge < -0.3 is 4.90 Å². The fourth-order valence-corrected chi connectivity index (χ4v) is 4.11.